The van der Waals surface area contributed by atoms with E-state index in [1.807, 2.05) is 12.1 Å². The monoisotopic (exact) mass is 264 g/mol. The number of carbonyl (C=O) groups excluding carboxylic acids is 2. The Balaban J connectivity index is 2.23. The lowest BCUT2D eigenvalue weighted by molar-refractivity contribution is -0.118. The summed E-state index contributed by atoms with van der Waals surface area (Å²) in [5, 5.41) is -0.250. The van der Waals surface area contributed by atoms with Crippen molar-refractivity contribution in [2.24, 2.45) is 0 Å². The molecule has 5 heteroatoms. The Kier molecular flexibility index (Phi) is 3.61. The highest BCUT2D eigenvalue weighted by Crippen LogP contribution is 2.27. The summed E-state index contributed by atoms with van der Waals surface area (Å²) in [6, 6.07) is 5.95. The molecule has 0 N–H and O–H groups in total. The molecule has 0 unspecified atom stereocenters. The van der Waals surface area contributed by atoms with Gasteiger partial charge in [0.05, 0.1) is 0 Å². The number of rotatable bonds is 2. The van der Waals surface area contributed by atoms with Crippen molar-refractivity contribution in [2.45, 2.75) is 19.4 Å². The van der Waals surface area contributed by atoms with Gasteiger partial charge in [0.15, 0.2) is 0 Å². The molecule has 1 aromatic carbocycles. The summed E-state index contributed by atoms with van der Waals surface area (Å²) in [5.74, 6) is 0.151. The second-order valence-corrected chi connectivity index (χ2v) is 4.94. The Hall–Kier alpha value is -1.49. The zero-order chi connectivity index (χ0) is 13.3. The second kappa shape index (κ2) is 5.02. The van der Waals surface area contributed by atoms with E-state index in [4.69, 9.17) is 0 Å². The van der Waals surface area contributed by atoms with Gasteiger partial charge in [-0.05, 0) is 23.6 Å². The van der Waals surface area contributed by atoms with Gasteiger partial charge in [0.25, 0.3) is 5.24 Å². The molecule has 1 aliphatic heterocycles. The molecule has 4 nitrogen and oxygen atoms in total. The molecule has 1 heterocycles. The minimum atomic E-state index is -0.250. The number of nitrogens with zero attached hydrogens (tertiary/aromatic N) is 2. The Morgan fingerprint density at radius 2 is 2.17 bits per heavy atom. The predicted octanol–water partition coefficient (Wildman–Crippen LogP) is 2.08. The number of amides is 2. The largest absolute Gasteiger partial charge is 0.333 e. The molecule has 0 spiro atoms. The third-order valence-corrected chi connectivity index (χ3v) is 3.58. The van der Waals surface area contributed by atoms with E-state index in [2.05, 4.69) is 18.7 Å². The van der Waals surface area contributed by atoms with Gasteiger partial charge in [0.2, 0.25) is 5.91 Å². The summed E-state index contributed by atoms with van der Waals surface area (Å²) in [4.78, 5) is 25.9. The highest BCUT2D eigenvalue weighted by atomic mass is 32.1. The minimum absolute atomic E-state index is 0.151. The van der Waals surface area contributed by atoms with Crippen molar-refractivity contribution in [2.75, 3.05) is 19.0 Å². The van der Waals surface area contributed by atoms with E-state index in [-0.39, 0.29) is 11.1 Å². The third kappa shape index (κ3) is 2.51. The number of thiol groups is 1. The van der Waals surface area contributed by atoms with Crippen molar-refractivity contribution >= 4 is 29.5 Å². The van der Waals surface area contributed by atoms with Gasteiger partial charge < -0.3 is 9.80 Å². The van der Waals surface area contributed by atoms with E-state index < -0.39 is 0 Å². The summed E-state index contributed by atoms with van der Waals surface area (Å²) >= 11 is 3.78. The molecule has 0 saturated carbocycles. The van der Waals surface area contributed by atoms with Crippen molar-refractivity contribution < 1.29 is 9.59 Å². The fraction of sp³-hybridized carbons (Fsp3) is 0.385. The average molecular weight is 264 g/mol. The topological polar surface area (TPSA) is 40.6 Å². The van der Waals surface area contributed by atoms with Gasteiger partial charge in [-0.3, -0.25) is 9.59 Å². The molecule has 0 aliphatic carbocycles. The first-order valence-electron chi connectivity index (χ1n) is 5.81. The molecule has 1 aromatic rings. The third-order valence-electron chi connectivity index (χ3n) is 3.23. The van der Waals surface area contributed by atoms with Crippen LogP contribution in [0.5, 0.6) is 0 Å². The molecule has 0 radical (unpaired) electrons. The fourth-order valence-corrected chi connectivity index (χ4v) is 2.22. The van der Waals surface area contributed by atoms with Crippen LogP contribution in [0.15, 0.2) is 18.2 Å². The summed E-state index contributed by atoms with van der Waals surface area (Å²) < 4.78 is 0. The van der Waals surface area contributed by atoms with E-state index >= 15 is 0 Å². The van der Waals surface area contributed by atoms with Crippen LogP contribution in [0.4, 0.5) is 10.5 Å². The Labute approximate surface area is 112 Å². The SMILES string of the molecule is CN(Cc1ccc2c(c1)CCC(=O)N2C)C(=O)S. The molecule has 0 bridgehead atoms. The van der Waals surface area contributed by atoms with Crippen LogP contribution >= 0.6 is 12.6 Å². The van der Waals surface area contributed by atoms with Crippen molar-refractivity contribution in [3.63, 3.8) is 0 Å². The quantitative estimate of drug-likeness (QED) is 0.831. The van der Waals surface area contributed by atoms with Crippen LogP contribution in [0.3, 0.4) is 0 Å². The average Bonchev–Trinajstić information content (AvgIpc) is 2.34. The number of aryl methyl sites for hydroxylation is 1. The minimum Gasteiger partial charge on any atom is -0.333 e. The molecule has 0 saturated heterocycles. The Bertz CT molecular complexity index is 502. The predicted molar refractivity (Wildman–Crippen MR) is 74.0 cm³/mol. The van der Waals surface area contributed by atoms with Crippen LogP contribution in [0.1, 0.15) is 17.5 Å². The summed E-state index contributed by atoms with van der Waals surface area (Å²) in [6.45, 7) is 0.535. The summed E-state index contributed by atoms with van der Waals surface area (Å²) in [6.07, 6.45) is 1.32. The Morgan fingerprint density at radius 1 is 1.44 bits per heavy atom. The lowest BCUT2D eigenvalue weighted by atomic mass is 9.99. The summed E-state index contributed by atoms with van der Waals surface area (Å²) in [5.41, 5.74) is 3.19. The van der Waals surface area contributed by atoms with Gasteiger partial charge in [-0.2, -0.15) is 0 Å². The first-order valence-corrected chi connectivity index (χ1v) is 6.26. The van der Waals surface area contributed by atoms with E-state index in [0.29, 0.717) is 13.0 Å². The van der Waals surface area contributed by atoms with Crippen LogP contribution in [-0.2, 0) is 17.8 Å². The van der Waals surface area contributed by atoms with Crippen LogP contribution in [0, 0.1) is 0 Å². The maximum absolute atomic E-state index is 11.6. The Morgan fingerprint density at radius 3 is 2.83 bits per heavy atom. The number of anilines is 1. The highest BCUT2D eigenvalue weighted by molar-refractivity contribution is 7.96. The first-order chi connectivity index (χ1) is 8.49. The van der Waals surface area contributed by atoms with E-state index in [1.54, 1.807) is 23.9 Å². The van der Waals surface area contributed by atoms with Gasteiger partial charge in [0, 0.05) is 32.7 Å². The maximum Gasteiger partial charge on any atom is 0.278 e. The number of hydrogen-bond acceptors (Lipinski definition) is 2. The standard InChI is InChI=1S/C13H16N2O2S/c1-14(13(17)18)8-9-3-5-11-10(7-9)4-6-12(16)15(11)2/h3,5,7H,4,6,8H2,1-2H3,(H,17,18). The van der Waals surface area contributed by atoms with Crippen molar-refractivity contribution in [1.29, 1.82) is 0 Å². The zero-order valence-electron chi connectivity index (χ0n) is 10.5. The van der Waals surface area contributed by atoms with E-state index in [0.717, 1.165) is 23.2 Å². The number of benzene rings is 1. The first kappa shape index (κ1) is 13.0. The molecule has 0 atom stereocenters. The van der Waals surface area contributed by atoms with Crippen LogP contribution in [0.2, 0.25) is 0 Å². The number of fused-ring (bicyclic) bond motifs is 1. The molecular weight excluding hydrogens is 248 g/mol. The molecular formula is C13H16N2O2S. The molecule has 1 aliphatic rings. The number of hydrogen-bond donors (Lipinski definition) is 1. The summed E-state index contributed by atoms with van der Waals surface area (Å²) in [7, 11) is 3.51. The zero-order valence-corrected chi connectivity index (χ0v) is 11.4. The second-order valence-electron chi connectivity index (χ2n) is 4.55. The lowest BCUT2D eigenvalue weighted by Crippen LogP contribution is -2.31. The van der Waals surface area contributed by atoms with Gasteiger partial charge in [-0.25, -0.2) is 0 Å². The van der Waals surface area contributed by atoms with Crippen molar-refractivity contribution in [3.05, 3.63) is 29.3 Å². The lowest BCUT2D eigenvalue weighted by Gasteiger charge is -2.26. The van der Waals surface area contributed by atoms with Gasteiger partial charge >= 0.3 is 0 Å². The molecule has 0 fully saturated rings. The van der Waals surface area contributed by atoms with E-state index in [1.165, 1.54) is 0 Å². The fourth-order valence-electron chi connectivity index (χ4n) is 2.15. The van der Waals surface area contributed by atoms with Crippen molar-refractivity contribution in [3.8, 4) is 0 Å². The molecule has 2 rings (SSSR count). The molecule has 2 amide bonds. The molecule has 96 valence electrons. The highest BCUT2D eigenvalue weighted by Gasteiger charge is 2.20. The molecule has 0 aromatic heterocycles. The molecule has 18 heavy (non-hydrogen) atoms. The normalized spacial score (nSPS) is 14.4. The van der Waals surface area contributed by atoms with Crippen LogP contribution in [-0.4, -0.2) is 30.1 Å². The van der Waals surface area contributed by atoms with Crippen LogP contribution < -0.4 is 4.90 Å². The van der Waals surface area contributed by atoms with Crippen LogP contribution in [0.25, 0.3) is 0 Å². The van der Waals surface area contributed by atoms with Gasteiger partial charge in [-0.1, -0.05) is 24.8 Å². The van der Waals surface area contributed by atoms with E-state index in [9.17, 15) is 9.59 Å². The smallest absolute Gasteiger partial charge is 0.278 e. The van der Waals surface area contributed by atoms with Gasteiger partial charge in [0.1, 0.15) is 0 Å². The van der Waals surface area contributed by atoms with Crippen molar-refractivity contribution in [1.82, 2.24) is 4.90 Å². The van der Waals surface area contributed by atoms with Gasteiger partial charge in [-0.15, -0.1) is 0 Å². The maximum atomic E-state index is 11.6. The number of carbonyl (C=O) groups is 2.